The normalized spacial score (nSPS) is 13.5. The predicted molar refractivity (Wildman–Crippen MR) is 125 cm³/mol. The summed E-state index contributed by atoms with van der Waals surface area (Å²) in [6, 6.07) is 12.9. The predicted octanol–water partition coefficient (Wildman–Crippen LogP) is 4.53. The van der Waals surface area contributed by atoms with Gasteiger partial charge < -0.3 is 19.7 Å². The van der Waals surface area contributed by atoms with E-state index >= 15 is 0 Å². The van der Waals surface area contributed by atoms with E-state index in [1.807, 2.05) is 24.3 Å². The molecule has 0 spiro atoms. The topological polar surface area (TPSA) is 103 Å². The largest absolute Gasteiger partial charge is 0.494 e. The van der Waals surface area contributed by atoms with Crippen LogP contribution in [-0.2, 0) is 11.3 Å². The summed E-state index contributed by atoms with van der Waals surface area (Å²) < 4.78 is 7.44. The van der Waals surface area contributed by atoms with E-state index in [0.29, 0.717) is 45.5 Å². The third-order valence-electron chi connectivity index (χ3n) is 5.17. The molecule has 8 nitrogen and oxygen atoms in total. The van der Waals surface area contributed by atoms with Crippen molar-refractivity contribution in [3.63, 3.8) is 0 Å². The number of fused-ring (bicyclic) bond motifs is 1. The van der Waals surface area contributed by atoms with E-state index in [9.17, 15) is 9.90 Å². The lowest BCUT2D eigenvalue weighted by molar-refractivity contribution is 0.103. The number of amidine groups is 1. The Kier molecular flexibility index (Phi) is 5.20. The van der Waals surface area contributed by atoms with E-state index < -0.39 is 0 Å². The first kappa shape index (κ1) is 20.3. The number of anilines is 2. The van der Waals surface area contributed by atoms with Crippen molar-refractivity contribution in [1.82, 2.24) is 9.55 Å². The van der Waals surface area contributed by atoms with Crippen LogP contribution >= 0.6 is 22.9 Å². The number of hydrogen-bond donors (Lipinski definition) is 3. The highest BCUT2D eigenvalue weighted by molar-refractivity contribution is 7.18. The number of aromatic nitrogens is 2. The molecule has 0 saturated carbocycles. The van der Waals surface area contributed by atoms with Gasteiger partial charge in [0.15, 0.2) is 0 Å². The minimum Gasteiger partial charge on any atom is -0.494 e. The minimum absolute atomic E-state index is 0.00950. The zero-order chi connectivity index (χ0) is 22.2. The van der Waals surface area contributed by atoms with E-state index in [1.165, 1.54) is 11.3 Å². The number of aromatic hydroxyl groups is 1. The molecule has 3 N–H and O–H groups in total. The highest BCUT2D eigenvalue weighted by Crippen LogP contribution is 2.34. The zero-order valence-corrected chi connectivity index (χ0v) is 18.3. The molecule has 1 saturated heterocycles. The van der Waals surface area contributed by atoms with Gasteiger partial charge in [-0.25, -0.2) is 0 Å². The summed E-state index contributed by atoms with van der Waals surface area (Å²) >= 11 is 7.12. The number of benzene rings is 1. The molecule has 1 fully saturated rings. The van der Waals surface area contributed by atoms with Crippen LogP contribution in [0, 0.1) is 5.41 Å². The third-order valence-corrected chi connectivity index (χ3v) is 6.40. The lowest BCUT2D eigenvalue weighted by Crippen LogP contribution is -2.24. The second-order valence-corrected chi connectivity index (χ2v) is 8.95. The zero-order valence-electron chi connectivity index (χ0n) is 16.7. The molecule has 10 heteroatoms. The van der Waals surface area contributed by atoms with Gasteiger partial charge in [-0.05, 0) is 35.9 Å². The molecular weight excluding hydrogens is 450 g/mol. The van der Waals surface area contributed by atoms with Crippen molar-refractivity contribution in [3.8, 4) is 5.88 Å². The summed E-state index contributed by atoms with van der Waals surface area (Å²) in [5.74, 6) is -0.292. The lowest BCUT2D eigenvalue weighted by Gasteiger charge is -2.16. The number of rotatable bonds is 5. The molecule has 0 radical (unpaired) electrons. The van der Waals surface area contributed by atoms with Crippen LogP contribution in [-0.4, -0.2) is 39.7 Å². The van der Waals surface area contributed by atoms with Crippen LogP contribution < -0.4 is 10.2 Å². The summed E-state index contributed by atoms with van der Waals surface area (Å²) in [4.78, 5) is 19.2. The molecule has 1 amide bonds. The van der Waals surface area contributed by atoms with Crippen molar-refractivity contribution in [2.45, 2.75) is 6.54 Å². The van der Waals surface area contributed by atoms with Gasteiger partial charge in [0.2, 0.25) is 5.88 Å². The number of nitrogens with one attached hydrogen (secondary N) is 2. The Morgan fingerprint density at radius 1 is 1.31 bits per heavy atom. The number of ether oxygens (including phenoxy) is 1. The molecule has 5 rings (SSSR count). The molecule has 0 bridgehead atoms. The molecule has 1 aliphatic heterocycles. The Morgan fingerprint density at radius 2 is 2.19 bits per heavy atom. The van der Waals surface area contributed by atoms with E-state index in [2.05, 4.69) is 10.3 Å². The van der Waals surface area contributed by atoms with Gasteiger partial charge >= 0.3 is 0 Å². The Morgan fingerprint density at radius 3 is 2.94 bits per heavy atom. The van der Waals surface area contributed by atoms with Crippen LogP contribution in [0.3, 0.4) is 0 Å². The van der Waals surface area contributed by atoms with Gasteiger partial charge in [0.25, 0.3) is 11.9 Å². The van der Waals surface area contributed by atoms with Crippen molar-refractivity contribution in [2.75, 3.05) is 23.4 Å². The molecule has 0 aliphatic carbocycles. The molecule has 0 atom stereocenters. The molecule has 1 aliphatic rings. The van der Waals surface area contributed by atoms with Crippen molar-refractivity contribution in [1.29, 1.82) is 5.41 Å². The first-order valence-corrected chi connectivity index (χ1v) is 11.0. The SMILES string of the molecule is N=C1OCCN1c1cccc(Cn2cc3nccc(NC(=O)c4ccc(Cl)s4)c3c2O)c1. The number of pyridine rings is 1. The van der Waals surface area contributed by atoms with E-state index in [0.717, 1.165) is 11.3 Å². The number of carbonyl (C=O) groups is 1. The maximum Gasteiger partial charge on any atom is 0.289 e. The third kappa shape index (κ3) is 3.76. The maximum absolute atomic E-state index is 12.6. The van der Waals surface area contributed by atoms with Gasteiger partial charge in [-0.15, -0.1) is 11.3 Å². The van der Waals surface area contributed by atoms with Gasteiger partial charge in [0.1, 0.15) is 6.61 Å². The number of thiophene rings is 1. The van der Waals surface area contributed by atoms with E-state index in [-0.39, 0.29) is 17.8 Å². The molecule has 4 heterocycles. The smallest absolute Gasteiger partial charge is 0.289 e. The monoisotopic (exact) mass is 467 g/mol. The molecule has 0 unspecified atom stereocenters. The standard InChI is InChI=1S/C22H18ClN5O3S/c23-18-5-4-17(32-18)20(29)26-15-6-7-25-16-12-27(21(30)19(15)16)11-13-2-1-3-14(10-13)28-8-9-31-22(28)24/h1-7,10,12,24,30H,8-9,11H2,(H,26,29). The van der Waals surface area contributed by atoms with Crippen LogP contribution in [0.2, 0.25) is 4.34 Å². The number of amides is 1. The molecule has 4 aromatic rings. The second-order valence-electron chi connectivity index (χ2n) is 7.23. The Bertz CT molecular complexity index is 1350. The number of hydrogen-bond acceptors (Lipinski definition) is 6. The number of carbonyl (C=O) groups excluding carboxylic acids is 1. The quantitative estimate of drug-likeness (QED) is 0.400. The fourth-order valence-corrected chi connectivity index (χ4v) is 4.63. The molecule has 1 aromatic carbocycles. The van der Waals surface area contributed by atoms with E-state index in [4.69, 9.17) is 21.7 Å². The second kappa shape index (κ2) is 8.18. The summed E-state index contributed by atoms with van der Waals surface area (Å²) in [5.41, 5.74) is 2.84. The average Bonchev–Trinajstić information content (AvgIpc) is 3.48. The number of nitrogens with zero attached hydrogens (tertiary/aromatic N) is 3. The van der Waals surface area contributed by atoms with Gasteiger partial charge in [-0.1, -0.05) is 23.7 Å². The minimum atomic E-state index is -0.301. The van der Waals surface area contributed by atoms with Crippen LogP contribution in [0.15, 0.2) is 54.9 Å². The van der Waals surface area contributed by atoms with E-state index in [1.54, 1.807) is 40.1 Å². The van der Waals surface area contributed by atoms with Crippen LogP contribution in [0.25, 0.3) is 10.9 Å². The average molecular weight is 468 g/mol. The van der Waals surface area contributed by atoms with Crippen molar-refractivity contribution < 1.29 is 14.6 Å². The van der Waals surface area contributed by atoms with Crippen molar-refractivity contribution in [3.05, 3.63) is 69.6 Å². The first-order chi connectivity index (χ1) is 15.5. The lowest BCUT2D eigenvalue weighted by atomic mass is 10.2. The summed E-state index contributed by atoms with van der Waals surface area (Å²) in [7, 11) is 0. The summed E-state index contributed by atoms with van der Waals surface area (Å²) in [6.07, 6.45) is 3.33. The summed E-state index contributed by atoms with van der Waals surface area (Å²) in [5, 5.41) is 22.1. The highest BCUT2D eigenvalue weighted by atomic mass is 35.5. The van der Waals surface area contributed by atoms with Gasteiger partial charge in [0, 0.05) is 18.1 Å². The fourth-order valence-electron chi connectivity index (χ4n) is 3.69. The van der Waals surface area contributed by atoms with Crippen molar-refractivity contribution in [2.24, 2.45) is 0 Å². The fraction of sp³-hybridized carbons (Fsp3) is 0.136. The van der Waals surface area contributed by atoms with Crippen LogP contribution in [0.4, 0.5) is 11.4 Å². The first-order valence-electron chi connectivity index (χ1n) is 9.81. The Hall–Kier alpha value is -3.56. The Labute approximate surface area is 192 Å². The molecule has 3 aromatic heterocycles. The summed E-state index contributed by atoms with van der Waals surface area (Å²) in [6.45, 7) is 1.51. The van der Waals surface area contributed by atoms with Crippen LogP contribution in [0.1, 0.15) is 15.2 Å². The van der Waals surface area contributed by atoms with Crippen molar-refractivity contribution >= 4 is 57.1 Å². The molecular formula is C22H18ClN5O3S. The maximum atomic E-state index is 12.6. The Balaban J connectivity index is 1.44. The molecule has 162 valence electrons. The number of halogens is 1. The highest BCUT2D eigenvalue weighted by Gasteiger charge is 2.21. The molecule has 32 heavy (non-hydrogen) atoms. The van der Waals surface area contributed by atoms with Crippen LogP contribution in [0.5, 0.6) is 5.88 Å². The van der Waals surface area contributed by atoms with Gasteiger partial charge in [-0.3, -0.25) is 20.1 Å². The van der Waals surface area contributed by atoms with Gasteiger partial charge in [0.05, 0.1) is 38.9 Å². The van der Waals surface area contributed by atoms with Gasteiger partial charge in [-0.2, -0.15) is 0 Å².